The van der Waals surface area contributed by atoms with E-state index < -0.39 is 0 Å². The molecule has 0 fully saturated rings. The minimum Gasteiger partial charge on any atom is -0.339 e. The van der Waals surface area contributed by atoms with Crippen LogP contribution in [0.2, 0.25) is 0 Å². The molecule has 0 unspecified atom stereocenters. The molecule has 0 radical (unpaired) electrons. The molecule has 0 aliphatic carbocycles. The van der Waals surface area contributed by atoms with Gasteiger partial charge in [0.2, 0.25) is 0 Å². The van der Waals surface area contributed by atoms with Crippen molar-refractivity contribution in [1.29, 1.82) is 5.26 Å². The van der Waals surface area contributed by atoms with E-state index in [0.29, 0.717) is 16.5 Å². The number of para-hydroxylation sites is 1. The quantitative estimate of drug-likeness (QED) is 0.681. The first-order valence-electron chi connectivity index (χ1n) is 7.12. The number of hydrogen-bond donors (Lipinski definition) is 0. The number of hydrogen-bond acceptors (Lipinski definition) is 3. The van der Waals surface area contributed by atoms with Crippen molar-refractivity contribution in [3.05, 3.63) is 65.6 Å². The van der Waals surface area contributed by atoms with Crippen molar-refractivity contribution < 1.29 is 4.39 Å². The van der Waals surface area contributed by atoms with Gasteiger partial charge in [-0.15, -0.1) is 0 Å². The molecule has 22 heavy (non-hydrogen) atoms. The van der Waals surface area contributed by atoms with Gasteiger partial charge in [-0.2, -0.15) is 5.26 Å². The minimum atomic E-state index is -0.321. The maximum atomic E-state index is 13.7. The Balaban J connectivity index is 2.02. The normalized spacial score (nSPS) is 13.2. The van der Waals surface area contributed by atoms with E-state index in [9.17, 15) is 9.65 Å². The summed E-state index contributed by atoms with van der Waals surface area (Å²) >= 11 is 0. The highest BCUT2D eigenvalue weighted by Gasteiger charge is 2.24. The second-order valence-electron chi connectivity index (χ2n) is 5.32. The third kappa shape index (κ3) is 1.83. The first-order valence-corrected chi connectivity index (χ1v) is 7.12. The third-order valence-electron chi connectivity index (χ3n) is 4.08. The van der Waals surface area contributed by atoms with E-state index in [4.69, 9.17) is 0 Å². The van der Waals surface area contributed by atoms with E-state index >= 15 is 0 Å². The zero-order valence-corrected chi connectivity index (χ0v) is 11.8. The van der Waals surface area contributed by atoms with Gasteiger partial charge >= 0.3 is 0 Å². The van der Waals surface area contributed by atoms with Gasteiger partial charge < -0.3 is 4.90 Å². The van der Waals surface area contributed by atoms with Crippen LogP contribution in [0, 0.1) is 17.1 Å². The number of pyridine rings is 1. The molecule has 2 aromatic carbocycles. The molecule has 1 aromatic heterocycles. The number of nitriles is 1. The lowest BCUT2D eigenvalue weighted by atomic mass is 10.1. The second kappa shape index (κ2) is 4.81. The Morgan fingerprint density at radius 3 is 2.91 bits per heavy atom. The Kier molecular flexibility index (Phi) is 2.80. The number of aromatic nitrogens is 1. The average Bonchev–Trinajstić information content (AvgIpc) is 2.97. The van der Waals surface area contributed by atoms with Crippen LogP contribution in [-0.4, -0.2) is 11.5 Å². The average molecular weight is 289 g/mol. The molecular formula is C18H12FN3. The van der Waals surface area contributed by atoms with Crippen LogP contribution in [0.3, 0.4) is 0 Å². The van der Waals surface area contributed by atoms with Gasteiger partial charge in [0.25, 0.3) is 0 Å². The van der Waals surface area contributed by atoms with Gasteiger partial charge in [-0.1, -0.05) is 18.2 Å². The lowest BCUT2D eigenvalue weighted by molar-refractivity contribution is 0.629. The maximum Gasteiger partial charge on any atom is 0.124 e. The Morgan fingerprint density at radius 2 is 2.05 bits per heavy atom. The first kappa shape index (κ1) is 12.8. The molecule has 0 atom stereocenters. The SMILES string of the molecule is N#Cc1cnc2ccc(F)cc2c1N1CCc2ccccc21. The molecule has 1 aliphatic rings. The van der Waals surface area contributed by atoms with Crippen molar-refractivity contribution in [3.8, 4) is 6.07 Å². The highest BCUT2D eigenvalue weighted by Crippen LogP contribution is 2.39. The molecule has 0 bridgehead atoms. The molecule has 106 valence electrons. The Hall–Kier alpha value is -2.93. The van der Waals surface area contributed by atoms with Crippen LogP contribution < -0.4 is 4.90 Å². The van der Waals surface area contributed by atoms with E-state index in [0.717, 1.165) is 24.3 Å². The lowest BCUT2D eigenvalue weighted by Gasteiger charge is -2.22. The summed E-state index contributed by atoms with van der Waals surface area (Å²) in [5, 5.41) is 10.1. The monoisotopic (exact) mass is 289 g/mol. The number of benzene rings is 2. The summed E-state index contributed by atoms with van der Waals surface area (Å²) in [6.45, 7) is 0.781. The Labute approximate surface area is 127 Å². The fourth-order valence-corrected chi connectivity index (χ4v) is 3.09. The van der Waals surface area contributed by atoms with Crippen molar-refractivity contribution in [2.75, 3.05) is 11.4 Å². The van der Waals surface area contributed by atoms with Crippen molar-refractivity contribution >= 4 is 22.3 Å². The smallest absolute Gasteiger partial charge is 0.124 e. The summed E-state index contributed by atoms with van der Waals surface area (Å²) in [5.74, 6) is -0.321. The van der Waals surface area contributed by atoms with Crippen molar-refractivity contribution in [1.82, 2.24) is 4.98 Å². The fourth-order valence-electron chi connectivity index (χ4n) is 3.09. The van der Waals surface area contributed by atoms with Gasteiger partial charge in [0.1, 0.15) is 11.9 Å². The standard InChI is InChI=1S/C18H12FN3/c19-14-5-6-16-15(9-14)18(13(10-20)11-21-16)22-8-7-12-3-1-2-4-17(12)22/h1-6,9,11H,7-8H2. The van der Waals surface area contributed by atoms with Crippen LogP contribution in [0.1, 0.15) is 11.1 Å². The fraction of sp³-hybridized carbons (Fsp3) is 0.111. The van der Waals surface area contributed by atoms with E-state index in [1.807, 2.05) is 18.2 Å². The van der Waals surface area contributed by atoms with Gasteiger partial charge in [-0.25, -0.2) is 4.39 Å². The van der Waals surface area contributed by atoms with E-state index in [1.165, 1.54) is 17.7 Å². The number of anilines is 2. The third-order valence-corrected chi connectivity index (χ3v) is 4.08. The van der Waals surface area contributed by atoms with Crippen LogP contribution in [-0.2, 0) is 6.42 Å². The second-order valence-corrected chi connectivity index (χ2v) is 5.32. The molecule has 4 rings (SSSR count). The van der Waals surface area contributed by atoms with Crippen LogP contribution >= 0.6 is 0 Å². The number of nitrogens with zero attached hydrogens (tertiary/aromatic N) is 3. The van der Waals surface area contributed by atoms with Crippen LogP contribution in [0.5, 0.6) is 0 Å². The summed E-state index contributed by atoms with van der Waals surface area (Å²) in [6.07, 6.45) is 2.48. The maximum absolute atomic E-state index is 13.7. The van der Waals surface area contributed by atoms with Crippen LogP contribution in [0.15, 0.2) is 48.7 Å². The zero-order valence-electron chi connectivity index (χ0n) is 11.8. The van der Waals surface area contributed by atoms with Crippen molar-refractivity contribution in [2.24, 2.45) is 0 Å². The number of rotatable bonds is 1. The van der Waals surface area contributed by atoms with Gasteiger partial charge in [-0.05, 0) is 36.2 Å². The number of fused-ring (bicyclic) bond motifs is 2. The molecule has 0 amide bonds. The largest absolute Gasteiger partial charge is 0.339 e. The predicted molar refractivity (Wildman–Crippen MR) is 83.6 cm³/mol. The van der Waals surface area contributed by atoms with Crippen molar-refractivity contribution in [3.63, 3.8) is 0 Å². The molecule has 4 heteroatoms. The topological polar surface area (TPSA) is 39.9 Å². The van der Waals surface area contributed by atoms with Gasteiger partial charge in [-0.3, -0.25) is 4.98 Å². The summed E-state index contributed by atoms with van der Waals surface area (Å²) < 4.78 is 13.7. The first-order chi connectivity index (χ1) is 10.8. The van der Waals surface area contributed by atoms with E-state index in [-0.39, 0.29) is 5.82 Å². The molecule has 3 aromatic rings. The highest BCUT2D eigenvalue weighted by atomic mass is 19.1. The minimum absolute atomic E-state index is 0.321. The molecular weight excluding hydrogens is 277 g/mol. The molecule has 0 saturated carbocycles. The molecule has 3 nitrogen and oxygen atoms in total. The van der Waals surface area contributed by atoms with Gasteiger partial charge in [0.05, 0.1) is 16.8 Å². The van der Waals surface area contributed by atoms with Gasteiger partial charge in [0.15, 0.2) is 0 Å². The Bertz CT molecular complexity index is 927. The molecule has 2 heterocycles. The molecule has 0 saturated heterocycles. The Morgan fingerprint density at radius 1 is 1.18 bits per heavy atom. The van der Waals surface area contributed by atoms with Crippen LogP contribution in [0.4, 0.5) is 15.8 Å². The summed E-state index contributed by atoms with van der Waals surface area (Å²) in [4.78, 5) is 6.36. The molecule has 0 N–H and O–H groups in total. The van der Waals surface area contributed by atoms with E-state index in [1.54, 1.807) is 12.3 Å². The van der Waals surface area contributed by atoms with Crippen molar-refractivity contribution in [2.45, 2.75) is 6.42 Å². The van der Waals surface area contributed by atoms with Crippen LogP contribution in [0.25, 0.3) is 10.9 Å². The zero-order chi connectivity index (χ0) is 15.1. The lowest BCUT2D eigenvalue weighted by Crippen LogP contribution is -2.15. The molecule has 0 spiro atoms. The summed E-state index contributed by atoms with van der Waals surface area (Å²) in [5.41, 5.74) is 4.23. The van der Waals surface area contributed by atoms with E-state index in [2.05, 4.69) is 22.0 Å². The predicted octanol–water partition coefficient (Wildman–Crippen LogP) is 3.94. The number of halogens is 1. The summed E-state index contributed by atoms with van der Waals surface area (Å²) in [7, 11) is 0. The summed E-state index contributed by atoms with van der Waals surface area (Å²) in [6, 6.07) is 14.8. The highest BCUT2D eigenvalue weighted by molar-refractivity contribution is 5.97. The van der Waals surface area contributed by atoms with Gasteiger partial charge in [0, 0.05) is 23.8 Å². The molecule has 1 aliphatic heterocycles.